The number of thioether (sulfide) groups is 2. The van der Waals surface area contributed by atoms with Crippen molar-refractivity contribution >= 4 is 46.7 Å². The zero-order chi connectivity index (χ0) is 20.1. The normalized spacial score (nSPS) is 13.8. The lowest BCUT2D eigenvalue weighted by atomic mass is 10.1. The Balaban J connectivity index is 1.39. The van der Waals surface area contributed by atoms with Gasteiger partial charge in [0.05, 0.1) is 4.58 Å². The summed E-state index contributed by atoms with van der Waals surface area (Å²) in [7, 11) is 0. The van der Waals surface area contributed by atoms with Crippen molar-refractivity contribution in [3.05, 3.63) is 95.6 Å². The van der Waals surface area contributed by atoms with E-state index in [-0.39, 0.29) is 11.8 Å². The molecule has 29 heavy (non-hydrogen) atoms. The van der Waals surface area contributed by atoms with Crippen LogP contribution in [0, 0.1) is 0 Å². The van der Waals surface area contributed by atoms with Crippen LogP contribution in [0.1, 0.15) is 30.9 Å². The lowest BCUT2D eigenvalue weighted by molar-refractivity contribution is 0.102. The van der Waals surface area contributed by atoms with Crippen molar-refractivity contribution < 1.29 is 9.59 Å². The highest BCUT2D eigenvalue weighted by Crippen LogP contribution is 2.45. The molecule has 0 aromatic heterocycles. The monoisotopic (exact) mass is 420 g/mol. The van der Waals surface area contributed by atoms with Crippen LogP contribution in [0.5, 0.6) is 0 Å². The van der Waals surface area contributed by atoms with Gasteiger partial charge in [0.1, 0.15) is 0 Å². The molecule has 4 rings (SSSR count). The average molecular weight is 421 g/mol. The molecule has 0 saturated carbocycles. The van der Waals surface area contributed by atoms with Gasteiger partial charge in [0.15, 0.2) is 0 Å². The molecule has 2 amide bonds. The minimum atomic E-state index is -0.178. The molecule has 4 nitrogen and oxygen atoms in total. The number of carbonyl (C=O) groups is 2. The standard InChI is InChI=1S/C23H20N2O2S2/c26-21(16-5-2-1-3-6-16)24-19-11-9-17(10-12-19)22(27)25-20-8-4-7-18(15-20)23-28-13-14-29-23/h1-12,15,23H,13-14H2,(H,24,26)(H,25,27). The van der Waals surface area contributed by atoms with Gasteiger partial charge < -0.3 is 10.6 Å². The maximum atomic E-state index is 12.6. The molecule has 0 spiro atoms. The first-order valence-electron chi connectivity index (χ1n) is 9.30. The van der Waals surface area contributed by atoms with Crippen molar-refractivity contribution in [3.63, 3.8) is 0 Å². The molecule has 3 aromatic rings. The Morgan fingerprint density at radius 3 is 2.00 bits per heavy atom. The Kier molecular flexibility index (Phi) is 6.22. The van der Waals surface area contributed by atoms with Gasteiger partial charge in [0.25, 0.3) is 11.8 Å². The highest BCUT2D eigenvalue weighted by molar-refractivity contribution is 8.19. The SMILES string of the molecule is O=C(Nc1ccc(C(=O)Nc2cccc(C3SCCS3)c2)cc1)c1ccccc1. The molecule has 0 bridgehead atoms. The van der Waals surface area contributed by atoms with Crippen LogP contribution in [0.25, 0.3) is 0 Å². The quantitative estimate of drug-likeness (QED) is 0.558. The Morgan fingerprint density at radius 2 is 1.31 bits per heavy atom. The van der Waals surface area contributed by atoms with Crippen molar-refractivity contribution in [2.45, 2.75) is 4.58 Å². The number of amides is 2. The molecule has 1 saturated heterocycles. The van der Waals surface area contributed by atoms with Crippen LogP contribution in [0.15, 0.2) is 78.9 Å². The topological polar surface area (TPSA) is 58.2 Å². The molecule has 1 aliphatic rings. The van der Waals surface area contributed by atoms with Crippen LogP contribution < -0.4 is 10.6 Å². The van der Waals surface area contributed by atoms with Gasteiger partial charge in [-0.25, -0.2) is 0 Å². The fourth-order valence-electron chi connectivity index (χ4n) is 3.01. The van der Waals surface area contributed by atoms with E-state index < -0.39 is 0 Å². The molecule has 1 aliphatic heterocycles. The summed E-state index contributed by atoms with van der Waals surface area (Å²) < 4.78 is 0.444. The zero-order valence-electron chi connectivity index (χ0n) is 15.6. The molecule has 3 aromatic carbocycles. The van der Waals surface area contributed by atoms with E-state index in [1.165, 1.54) is 17.1 Å². The van der Waals surface area contributed by atoms with Gasteiger partial charge in [-0.1, -0.05) is 30.3 Å². The van der Waals surface area contributed by atoms with Gasteiger partial charge in [-0.3, -0.25) is 9.59 Å². The summed E-state index contributed by atoms with van der Waals surface area (Å²) in [6.45, 7) is 0. The zero-order valence-corrected chi connectivity index (χ0v) is 17.3. The van der Waals surface area contributed by atoms with E-state index in [2.05, 4.69) is 16.7 Å². The summed E-state index contributed by atoms with van der Waals surface area (Å²) in [5, 5.41) is 5.80. The first-order chi connectivity index (χ1) is 14.2. The van der Waals surface area contributed by atoms with E-state index in [9.17, 15) is 9.59 Å². The van der Waals surface area contributed by atoms with Crippen LogP contribution in [-0.2, 0) is 0 Å². The number of nitrogens with one attached hydrogen (secondary N) is 2. The Labute approximate surface area is 178 Å². The summed E-state index contributed by atoms with van der Waals surface area (Å²) in [5.74, 6) is 1.98. The highest BCUT2D eigenvalue weighted by atomic mass is 32.2. The molecule has 1 heterocycles. The molecular weight excluding hydrogens is 400 g/mol. The van der Waals surface area contributed by atoms with Crippen LogP contribution in [0.4, 0.5) is 11.4 Å². The summed E-state index contributed by atoms with van der Waals surface area (Å²) in [4.78, 5) is 24.8. The van der Waals surface area contributed by atoms with Crippen molar-refractivity contribution in [2.75, 3.05) is 22.1 Å². The molecule has 146 valence electrons. The average Bonchev–Trinajstić information content (AvgIpc) is 3.30. The fourth-order valence-corrected chi connectivity index (χ4v) is 5.85. The minimum absolute atomic E-state index is 0.171. The van der Waals surface area contributed by atoms with Crippen LogP contribution in [0.2, 0.25) is 0 Å². The second kappa shape index (κ2) is 9.20. The Bertz CT molecular complexity index is 1000. The van der Waals surface area contributed by atoms with E-state index in [1.54, 1.807) is 36.4 Å². The highest BCUT2D eigenvalue weighted by Gasteiger charge is 2.18. The number of anilines is 2. The molecule has 1 fully saturated rings. The predicted molar refractivity (Wildman–Crippen MR) is 123 cm³/mol. The third-order valence-corrected chi connectivity index (χ3v) is 7.58. The summed E-state index contributed by atoms with van der Waals surface area (Å²) >= 11 is 3.88. The van der Waals surface area contributed by atoms with Crippen molar-refractivity contribution in [3.8, 4) is 0 Å². The maximum Gasteiger partial charge on any atom is 0.255 e. The molecule has 0 atom stereocenters. The first kappa shape index (κ1) is 19.6. The van der Waals surface area contributed by atoms with E-state index in [0.717, 1.165) is 5.69 Å². The van der Waals surface area contributed by atoms with Crippen molar-refractivity contribution in [2.24, 2.45) is 0 Å². The van der Waals surface area contributed by atoms with Crippen LogP contribution in [0.3, 0.4) is 0 Å². The Morgan fingerprint density at radius 1 is 0.690 bits per heavy atom. The van der Waals surface area contributed by atoms with Gasteiger partial charge in [-0.2, -0.15) is 0 Å². The lowest BCUT2D eigenvalue weighted by Crippen LogP contribution is -2.13. The minimum Gasteiger partial charge on any atom is -0.322 e. The lowest BCUT2D eigenvalue weighted by Gasteiger charge is -2.11. The molecule has 6 heteroatoms. The third kappa shape index (κ3) is 5.02. The van der Waals surface area contributed by atoms with Crippen molar-refractivity contribution in [1.29, 1.82) is 0 Å². The fraction of sp³-hybridized carbons (Fsp3) is 0.130. The third-order valence-electron chi connectivity index (χ3n) is 4.48. The molecule has 0 aliphatic carbocycles. The largest absolute Gasteiger partial charge is 0.322 e. The van der Waals surface area contributed by atoms with Crippen LogP contribution >= 0.6 is 23.5 Å². The van der Waals surface area contributed by atoms with Gasteiger partial charge in [0.2, 0.25) is 0 Å². The van der Waals surface area contributed by atoms with Gasteiger partial charge in [0, 0.05) is 34.0 Å². The summed E-state index contributed by atoms with van der Waals surface area (Å²) in [6.07, 6.45) is 0. The summed E-state index contributed by atoms with van der Waals surface area (Å²) in [6, 6.07) is 23.9. The number of benzene rings is 3. The smallest absolute Gasteiger partial charge is 0.255 e. The predicted octanol–water partition coefficient (Wildman–Crippen LogP) is 5.67. The number of carbonyl (C=O) groups excluding carboxylic acids is 2. The van der Waals surface area contributed by atoms with Gasteiger partial charge in [-0.05, 0) is 54.1 Å². The van der Waals surface area contributed by atoms with E-state index in [1.807, 2.05) is 59.9 Å². The van der Waals surface area contributed by atoms with E-state index >= 15 is 0 Å². The summed E-state index contributed by atoms with van der Waals surface area (Å²) in [5.41, 5.74) is 3.80. The molecule has 2 N–H and O–H groups in total. The van der Waals surface area contributed by atoms with E-state index in [4.69, 9.17) is 0 Å². The molecular formula is C23H20N2O2S2. The number of rotatable bonds is 5. The molecule has 0 unspecified atom stereocenters. The van der Waals surface area contributed by atoms with Crippen molar-refractivity contribution in [1.82, 2.24) is 0 Å². The van der Waals surface area contributed by atoms with Gasteiger partial charge >= 0.3 is 0 Å². The maximum absolute atomic E-state index is 12.6. The second-order valence-electron chi connectivity index (χ2n) is 6.55. The Hall–Kier alpha value is -2.70. The first-order valence-corrected chi connectivity index (χ1v) is 11.4. The number of hydrogen-bond donors (Lipinski definition) is 2. The molecule has 0 radical (unpaired) electrons. The number of hydrogen-bond acceptors (Lipinski definition) is 4. The van der Waals surface area contributed by atoms with E-state index in [0.29, 0.717) is 21.4 Å². The van der Waals surface area contributed by atoms with Crippen LogP contribution in [-0.4, -0.2) is 23.3 Å². The van der Waals surface area contributed by atoms with Gasteiger partial charge in [-0.15, -0.1) is 23.5 Å². The second-order valence-corrected chi connectivity index (χ2v) is 9.27.